The van der Waals surface area contributed by atoms with E-state index in [-0.39, 0.29) is 0 Å². The minimum absolute atomic E-state index is 0.447. The number of carbonyl (C=O) groups is 1. The normalized spacial score (nSPS) is 16.3. The summed E-state index contributed by atoms with van der Waals surface area (Å²) in [5, 5.41) is 9.48. The number of rotatable bonds is 4. The summed E-state index contributed by atoms with van der Waals surface area (Å²) >= 11 is 1.49. The summed E-state index contributed by atoms with van der Waals surface area (Å²) in [4.78, 5) is 14.6. The van der Waals surface area contributed by atoms with E-state index in [2.05, 4.69) is 4.90 Å². The third kappa shape index (κ3) is 3.06. The van der Waals surface area contributed by atoms with Gasteiger partial charge in [0.15, 0.2) is 0 Å². The number of carboxylic acids is 1. The van der Waals surface area contributed by atoms with Gasteiger partial charge >= 0.3 is 5.97 Å². The maximum absolute atomic E-state index is 11.5. The van der Waals surface area contributed by atoms with Crippen LogP contribution in [0.3, 0.4) is 0 Å². The van der Waals surface area contributed by atoms with Crippen LogP contribution in [0, 0.1) is 0 Å². The summed E-state index contributed by atoms with van der Waals surface area (Å²) in [5.41, 5.74) is 1.30. The first-order chi connectivity index (χ1) is 9.15. The summed E-state index contributed by atoms with van der Waals surface area (Å²) in [6.07, 6.45) is 8.06. The first-order valence-electron chi connectivity index (χ1n) is 6.78. The number of aromatic carboxylic acids is 1. The fourth-order valence-electron chi connectivity index (χ4n) is 2.86. The van der Waals surface area contributed by atoms with Crippen LogP contribution < -0.4 is 4.90 Å². The van der Waals surface area contributed by atoms with E-state index in [0.29, 0.717) is 11.6 Å². The Morgan fingerprint density at radius 1 is 1.32 bits per heavy atom. The van der Waals surface area contributed by atoms with Gasteiger partial charge in [-0.05, 0) is 31.2 Å². The van der Waals surface area contributed by atoms with Gasteiger partial charge in [-0.1, -0.05) is 25.3 Å². The summed E-state index contributed by atoms with van der Waals surface area (Å²) in [6.45, 7) is 0. The third-order valence-electron chi connectivity index (χ3n) is 3.94. The van der Waals surface area contributed by atoms with Gasteiger partial charge in [-0.25, -0.2) is 4.79 Å². The van der Waals surface area contributed by atoms with Gasteiger partial charge < -0.3 is 10.0 Å². The smallest absolute Gasteiger partial charge is 0.338 e. The molecule has 0 saturated heterocycles. The van der Waals surface area contributed by atoms with Crippen LogP contribution in [-0.2, 0) is 0 Å². The number of anilines is 1. The van der Waals surface area contributed by atoms with Crippen LogP contribution in [0.15, 0.2) is 23.1 Å². The van der Waals surface area contributed by atoms with E-state index in [4.69, 9.17) is 0 Å². The van der Waals surface area contributed by atoms with Gasteiger partial charge in [0, 0.05) is 18.0 Å². The van der Waals surface area contributed by atoms with Gasteiger partial charge in [-0.2, -0.15) is 0 Å². The molecule has 0 bridgehead atoms. The molecule has 0 aromatic heterocycles. The standard InChI is InChI=1S/C15H21NO2S/c1-16(11-7-4-3-5-8-11)12-9-6-10-13(19-2)14(12)15(17)18/h6,9-11H,3-5,7-8H2,1-2H3,(H,17,18). The fourth-order valence-corrected chi connectivity index (χ4v) is 3.47. The SMILES string of the molecule is CSc1cccc(N(C)C2CCCCC2)c1C(=O)O. The highest BCUT2D eigenvalue weighted by atomic mass is 32.2. The molecule has 0 unspecified atom stereocenters. The van der Waals surface area contributed by atoms with Crippen LogP contribution >= 0.6 is 11.8 Å². The molecule has 3 nitrogen and oxygen atoms in total. The number of benzene rings is 1. The number of hydrogen-bond acceptors (Lipinski definition) is 3. The molecular formula is C15H21NO2S. The third-order valence-corrected chi connectivity index (χ3v) is 4.72. The summed E-state index contributed by atoms with van der Waals surface area (Å²) in [6, 6.07) is 6.24. The largest absolute Gasteiger partial charge is 0.478 e. The van der Waals surface area contributed by atoms with Crippen molar-refractivity contribution in [1.29, 1.82) is 0 Å². The molecule has 1 aliphatic rings. The van der Waals surface area contributed by atoms with Crippen molar-refractivity contribution in [2.75, 3.05) is 18.2 Å². The highest BCUT2D eigenvalue weighted by Gasteiger charge is 2.23. The highest BCUT2D eigenvalue weighted by molar-refractivity contribution is 7.98. The molecule has 2 rings (SSSR count). The van der Waals surface area contributed by atoms with Crippen LogP contribution in [-0.4, -0.2) is 30.4 Å². The van der Waals surface area contributed by atoms with Crippen molar-refractivity contribution in [2.24, 2.45) is 0 Å². The Morgan fingerprint density at radius 2 is 2.00 bits per heavy atom. The second kappa shape index (κ2) is 6.33. The quantitative estimate of drug-likeness (QED) is 0.849. The van der Waals surface area contributed by atoms with Crippen molar-refractivity contribution in [2.45, 2.75) is 43.0 Å². The van der Waals surface area contributed by atoms with Crippen molar-refractivity contribution < 1.29 is 9.90 Å². The van der Waals surface area contributed by atoms with Crippen molar-refractivity contribution in [3.63, 3.8) is 0 Å². The molecule has 19 heavy (non-hydrogen) atoms. The van der Waals surface area contributed by atoms with E-state index in [9.17, 15) is 9.90 Å². The van der Waals surface area contributed by atoms with Crippen molar-refractivity contribution >= 4 is 23.4 Å². The Bertz CT molecular complexity index is 455. The Morgan fingerprint density at radius 3 is 2.58 bits per heavy atom. The molecule has 1 aromatic rings. The molecule has 1 fully saturated rings. The average molecular weight is 279 g/mol. The highest BCUT2D eigenvalue weighted by Crippen LogP contribution is 2.33. The second-order valence-corrected chi connectivity index (χ2v) is 5.91. The zero-order chi connectivity index (χ0) is 13.8. The number of nitrogens with zero attached hydrogens (tertiary/aromatic N) is 1. The van der Waals surface area contributed by atoms with Crippen molar-refractivity contribution in [3.05, 3.63) is 23.8 Å². The fraction of sp³-hybridized carbons (Fsp3) is 0.533. The van der Waals surface area contributed by atoms with Crippen LogP contribution in [0.1, 0.15) is 42.5 Å². The predicted molar refractivity (Wildman–Crippen MR) is 80.5 cm³/mol. The molecule has 0 aliphatic heterocycles. The number of carboxylic acid groups (broad SMARTS) is 1. The van der Waals surface area contributed by atoms with Crippen molar-refractivity contribution in [3.8, 4) is 0 Å². The van der Waals surface area contributed by atoms with Crippen molar-refractivity contribution in [1.82, 2.24) is 0 Å². The van der Waals surface area contributed by atoms with Gasteiger partial charge in [0.05, 0.1) is 11.3 Å². The van der Waals surface area contributed by atoms with E-state index in [1.54, 1.807) is 0 Å². The molecule has 1 aromatic carbocycles. The zero-order valence-electron chi connectivity index (χ0n) is 11.6. The lowest BCUT2D eigenvalue weighted by Gasteiger charge is -2.34. The lowest BCUT2D eigenvalue weighted by atomic mass is 9.94. The molecule has 4 heteroatoms. The Kier molecular flexibility index (Phi) is 4.75. The predicted octanol–water partition coefficient (Wildman–Crippen LogP) is 3.88. The second-order valence-electron chi connectivity index (χ2n) is 5.06. The lowest BCUT2D eigenvalue weighted by Crippen LogP contribution is -2.34. The van der Waals surface area contributed by atoms with Crippen LogP contribution in [0.25, 0.3) is 0 Å². The van der Waals surface area contributed by atoms with E-state index in [1.807, 2.05) is 31.5 Å². The topological polar surface area (TPSA) is 40.5 Å². The van der Waals surface area contributed by atoms with E-state index in [1.165, 1.54) is 43.9 Å². The molecule has 1 saturated carbocycles. The summed E-state index contributed by atoms with van der Waals surface area (Å²) in [7, 11) is 2.03. The first-order valence-corrected chi connectivity index (χ1v) is 8.00. The Labute approximate surface area is 119 Å². The minimum Gasteiger partial charge on any atom is -0.478 e. The van der Waals surface area contributed by atoms with Crippen LogP contribution in [0.4, 0.5) is 5.69 Å². The van der Waals surface area contributed by atoms with E-state index >= 15 is 0 Å². The van der Waals surface area contributed by atoms with E-state index in [0.717, 1.165) is 10.6 Å². The van der Waals surface area contributed by atoms with Crippen LogP contribution in [0.5, 0.6) is 0 Å². The van der Waals surface area contributed by atoms with Gasteiger partial charge in [-0.3, -0.25) is 0 Å². The van der Waals surface area contributed by atoms with Gasteiger partial charge in [0.25, 0.3) is 0 Å². The van der Waals surface area contributed by atoms with Gasteiger partial charge in [0.2, 0.25) is 0 Å². The average Bonchev–Trinajstić information content (AvgIpc) is 2.46. The Hall–Kier alpha value is -1.16. The molecule has 0 heterocycles. The Balaban J connectivity index is 2.34. The molecular weight excluding hydrogens is 258 g/mol. The van der Waals surface area contributed by atoms with Gasteiger partial charge in [-0.15, -0.1) is 11.8 Å². The maximum atomic E-state index is 11.5. The molecule has 0 atom stereocenters. The summed E-state index contributed by atoms with van der Waals surface area (Å²) in [5.74, 6) is -0.831. The molecule has 0 amide bonds. The first kappa shape index (κ1) is 14.3. The molecule has 0 spiro atoms. The molecule has 104 valence electrons. The zero-order valence-corrected chi connectivity index (χ0v) is 12.4. The molecule has 0 radical (unpaired) electrons. The minimum atomic E-state index is -0.831. The monoisotopic (exact) mass is 279 g/mol. The van der Waals surface area contributed by atoms with Gasteiger partial charge in [0.1, 0.15) is 0 Å². The number of thioether (sulfide) groups is 1. The lowest BCUT2D eigenvalue weighted by molar-refractivity contribution is 0.0693. The van der Waals surface area contributed by atoms with E-state index < -0.39 is 5.97 Å². The van der Waals surface area contributed by atoms with Crippen LogP contribution in [0.2, 0.25) is 0 Å². The maximum Gasteiger partial charge on any atom is 0.338 e. The summed E-state index contributed by atoms with van der Waals surface area (Å²) < 4.78 is 0. The number of hydrogen-bond donors (Lipinski definition) is 1. The molecule has 1 N–H and O–H groups in total. The molecule has 1 aliphatic carbocycles.